The first-order chi connectivity index (χ1) is 13.6. The highest BCUT2D eigenvalue weighted by Gasteiger charge is 2.14. The fraction of sp³-hybridized carbons (Fsp3) is 0.760. The zero-order valence-corrected chi connectivity index (χ0v) is 18.9. The van der Waals surface area contributed by atoms with Crippen LogP contribution in [-0.2, 0) is 0 Å². The molecular formula is C25H44N2O. The Morgan fingerprint density at radius 1 is 0.857 bits per heavy atom. The van der Waals surface area contributed by atoms with Crippen molar-refractivity contribution in [2.75, 3.05) is 39.3 Å². The highest BCUT2D eigenvalue weighted by Crippen LogP contribution is 2.34. The SMILES string of the molecule is CC(C)c1cccc(C(C)C)c1OCCCCCCCCN1CCCNCC1. The number of rotatable bonds is 12. The minimum absolute atomic E-state index is 0.508. The van der Waals surface area contributed by atoms with Gasteiger partial charge in [-0.15, -0.1) is 0 Å². The Bertz CT molecular complexity index is 507. The van der Waals surface area contributed by atoms with Crippen molar-refractivity contribution >= 4 is 0 Å². The first-order valence-corrected chi connectivity index (χ1v) is 11.8. The zero-order valence-electron chi connectivity index (χ0n) is 18.9. The largest absolute Gasteiger partial charge is 0.493 e. The number of ether oxygens (including phenoxy) is 1. The van der Waals surface area contributed by atoms with Gasteiger partial charge in [-0.2, -0.15) is 0 Å². The molecule has 0 unspecified atom stereocenters. The third-order valence-corrected chi connectivity index (χ3v) is 5.87. The lowest BCUT2D eigenvalue weighted by atomic mass is 9.94. The smallest absolute Gasteiger partial charge is 0.126 e. The summed E-state index contributed by atoms with van der Waals surface area (Å²) in [6.45, 7) is 16.0. The number of hydrogen-bond donors (Lipinski definition) is 1. The summed E-state index contributed by atoms with van der Waals surface area (Å²) < 4.78 is 6.30. The van der Waals surface area contributed by atoms with Crippen molar-refractivity contribution in [1.29, 1.82) is 0 Å². The molecule has 1 aliphatic heterocycles. The van der Waals surface area contributed by atoms with Gasteiger partial charge < -0.3 is 15.0 Å². The monoisotopic (exact) mass is 388 g/mol. The van der Waals surface area contributed by atoms with Gasteiger partial charge in [0.15, 0.2) is 0 Å². The van der Waals surface area contributed by atoms with Gasteiger partial charge in [0.05, 0.1) is 6.61 Å². The van der Waals surface area contributed by atoms with Gasteiger partial charge in [-0.25, -0.2) is 0 Å². The number of para-hydroxylation sites is 1. The van der Waals surface area contributed by atoms with Crippen LogP contribution in [0.4, 0.5) is 0 Å². The van der Waals surface area contributed by atoms with Crippen LogP contribution in [0.15, 0.2) is 18.2 Å². The third kappa shape index (κ3) is 8.13. The zero-order chi connectivity index (χ0) is 20.2. The molecule has 1 aromatic rings. The summed E-state index contributed by atoms with van der Waals surface area (Å²) in [7, 11) is 0. The molecule has 0 spiro atoms. The first kappa shape index (κ1) is 23.2. The number of nitrogens with one attached hydrogen (secondary N) is 1. The van der Waals surface area contributed by atoms with E-state index in [2.05, 4.69) is 56.1 Å². The topological polar surface area (TPSA) is 24.5 Å². The van der Waals surface area contributed by atoms with E-state index in [4.69, 9.17) is 4.74 Å². The van der Waals surface area contributed by atoms with E-state index >= 15 is 0 Å². The number of unbranched alkanes of at least 4 members (excludes halogenated alkanes) is 5. The molecule has 3 nitrogen and oxygen atoms in total. The lowest BCUT2D eigenvalue weighted by Gasteiger charge is -2.20. The van der Waals surface area contributed by atoms with Crippen LogP contribution in [-0.4, -0.2) is 44.2 Å². The molecular weight excluding hydrogens is 344 g/mol. The van der Waals surface area contributed by atoms with Gasteiger partial charge in [0.1, 0.15) is 5.75 Å². The Labute approximate surface area is 174 Å². The third-order valence-electron chi connectivity index (χ3n) is 5.87. The van der Waals surface area contributed by atoms with Crippen molar-refractivity contribution in [3.8, 4) is 5.75 Å². The maximum atomic E-state index is 6.30. The highest BCUT2D eigenvalue weighted by molar-refractivity contribution is 5.44. The van der Waals surface area contributed by atoms with Gasteiger partial charge in [-0.1, -0.05) is 71.6 Å². The molecule has 160 valence electrons. The van der Waals surface area contributed by atoms with Crippen molar-refractivity contribution < 1.29 is 4.74 Å². The average molecular weight is 389 g/mol. The van der Waals surface area contributed by atoms with Crippen LogP contribution in [0.2, 0.25) is 0 Å². The molecule has 3 heteroatoms. The highest BCUT2D eigenvalue weighted by atomic mass is 16.5. The molecule has 0 atom stereocenters. The molecule has 0 aliphatic carbocycles. The number of hydrogen-bond acceptors (Lipinski definition) is 3. The summed E-state index contributed by atoms with van der Waals surface area (Å²) in [6, 6.07) is 6.64. The van der Waals surface area contributed by atoms with Crippen LogP contribution in [0.25, 0.3) is 0 Å². The molecule has 1 saturated heterocycles. The van der Waals surface area contributed by atoms with Crippen LogP contribution in [0, 0.1) is 0 Å². The molecule has 0 bridgehead atoms. The summed E-state index contributed by atoms with van der Waals surface area (Å²) in [4.78, 5) is 2.63. The molecule has 28 heavy (non-hydrogen) atoms. The summed E-state index contributed by atoms with van der Waals surface area (Å²) in [5, 5.41) is 3.48. The fourth-order valence-electron chi connectivity index (χ4n) is 4.09. The van der Waals surface area contributed by atoms with Crippen LogP contribution >= 0.6 is 0 Å². The molecule has 1 fully saturated rings. The quantitative estimate of drug-likeness (QED) is 0.448. The van der Waals surface area contributed by atoms with E-state index in [1.54, 1.807) is 0 Å². The van der Waals surface area contributed by atoms with Crippen LogP contribution in [0.3, 0.4) is 0 Å². The summed E-state index contributed by atoms with van der Waals surface area (Å²) >= 11 is 0. The number of nitrogens with zero attached hydrogens (tertiary/aromatic N) is 1. The molecule has 2 rings (SSSR count). The van der Waals surface area contributed by atoms with E-state index in [-0.39, 0.29) is 0 Å². The van der Waals surface area contributed by atoms with Gasteiger partial charge in [-0.3, -0.25) is 0 Å². The lowest BCUT2D eigenvalue weighted by Crippen LogP contribution is -2.29. The van der Waals surface area contributed by atoms with E-state index in [1.165, 1.54) is 88.8 Å². The van der Waals surface area contributed by atoms with Gasteiger partial charge in [0.25, 0.3) is 0 Å². The first-order valence-electron chi connectivity index (χ1n) is 11.8. The summed E-state index contributed by atoms with van der Waals surface area (Å²) in [5.74, 6) is 2.17. The Morgan fingerprint density at radius 2 is 1.50 bits per heavy atom. The van der Waals surface area contributed by atoms with Crippen LogP contribution < -0.4 is 10.1 Å². The molecule has 1 aromatic carbocycles. The van der Waals surface area contributed by atoms with Crippen molar-refractivity contribution in [2.45, 2.75) is 84.5 Å². The second kappa shape index (κ2) is 13.2. The van der Waals surface area contributed by atoms with Gasteiger partial charge >= 0.3 is 0 Å². The fourth-order valence-corrected chi connectivity index (χ4v) is 4.09. The summed E-state index contributed by atoms with van der Waals surface area (Å²) in [5.41, 5.74) is 2.71. The van der Waals surface area contributed by atoms with Crippen LogP contribution in [0.1, 0.15) is 95.6 Å². The standard InChI is InChI=1S/C25H44N2O/c1-21(2)23-13-11-14-24(22(3)4)25(23)28-20-10-8-6-5-7-9-17-27-18-12-15-26-16-19-27/h11,13-14,21-22,26H,5-10,12,15-20H2,1-4H3. The molecule has 0 saturated carbocycles. The van der Waals surface area contributed by atoms with Crippen molar-refractivity contribution in [2.24, 2.45) is 0 Å². The molecule has 1 aliphatic rings. The second-order valence-corrected chi connectivity index (χ2v) is 8.99. The molecule has 1 N–H and O–H groups in total. The second-order valence-electron chi connectivity index (χ2n) is 8.99. The van der Waals surface area contributed by atoms with Gasteiger partial charge in [0, 0.05) is 13.1 Å². The van der Waals surface area contributed by atoms with Gasteiger partial charge in [-0.05, 0) is 61.9 Å². The van der Waals surface area contributed by atoms with Crippen molar-refractivity contribution in [1.82, 2.24) is 10.2 Å². The van der Waals surface area contributed by atoms with Crippen molar-refractivity contribution in [3.63, 3.8) is 0 Å². The van der Waals surface area contributed by atoms with Crippen molar-refractivity contribution in [3.05, 3.63) is 29.3 Å². The number of benzene rings is 1. The molecule has 0 aromatic heterocycles. The molecule has 1 heterocycles. The predicted octanol–water partition coefficient (Wildman–Crippen LogP) is 5.95. The van der Waals surface area contributed by atoms with Crippen LogP contribution in [0.5, 0.6) is 5.75 Å². The Hall–Kier alpha value is -1.06. The normalized spacial score (nSPS) is 15.9. The average Bonchev–Trinajstić information content (AvgIpc) is 2.95. The van der Waals surface area contributed by atoms with Gasteiger partial charge in [0.2, 0.25) is 0 Å². The maximum absolute atomic E-state index is 6.30. The Kier molecular flexibility index (Phi) is 11.0. The van der Waals surface area contributed by atoms with E-state index in [0.717, 1.165) is 12.4 Å². The van der Waals surface area contributed by atoms with E-state index in [0.29, 0.717) is 11.8 Å². The Balaban J connectivity index is 1.59. The molecule has 0 amide bonds. The predicted molar refractivity (Wildman–Crippen MR) is 122 cm³/mol. The minimum atomic E-state index is 0.508. The lowest BCUT2D eigenvalue weighted by molar-refractivity contribution is 0.282. The molecule has 0 radical (unpaired) electrons. The maximum Gasteiger partial charge on any atom is 0.126 e. The Morgan fingerprint density at radius 3 is 2.18 bits per heavy atom. The minimum Gasteiger partial charge on any atom is -0.493 e. The van der Waals surface area contributed by atoms with E-state index in [9.17, 15) is 0 Å². The van der Waals surface area contributed by atoms with E-state index < -0.39 is 0 Å². The van der Waals surface area contributed by atoms with E-state index in [1.807, 2.05) is 0 Å². The summed E-state index contributed by atoms with van der Waals surface area (Å²) in [6.07, 6.45) is 9.20.